The number of amides is 1. The Morgan fingerprint density at radius 1 is 1.20 bits per heavy atom. The number of carbonyl (C=O) groups is 1. The van der Waals surface area contributed by atoms with Gasteiger partial charge in [0.25, 0.3) is 0 Å². The van der Waals surface area contributed by atoms with E-state index in [4.69, 9.17) is 10.5 Å². The van der Waals surface area contributed by atoms with E-state index < -0.39 is 12.0 Å². The van der Waals surface area contributed by atoms with Gasteiger partial charge in [-0.1, -0.05) is 35.9 Å². The van der Waals surface area contributed by atoms with Crippen molar-refractivity contribution in [2.45, 2.75) is 32.9 Å². The molecule has 0 saturated heterocycles. The van der Waals surface area contributed by atoms with Crippen LogP contribution in [0.15, 0.2) is 59.8 Å². The number of carbonyl (C=O) groups excluding carboxylic acids is 1. The summed E-state index contributed by atoms with van der Waals surface area (Å²) in [5, 5.41) is 13.9. The number of nitrogens with zero attached hydrogens (tertiary/aromatic N) is 1. The highest BCUT2D eigenvalue weighted by atomic mass is 16.5. The molecule has 30 heavy (non-hydrogen) atoms. The molecule has 1 aliphatic rings. The first-order valence-corrected chi connectivity index (χ1v) is 10.3. The number of fused-ring (bicyclic) bond motifs is 1. The van der Waals surface area contributed by atoms with Gasteiger partial charge in [-0.05, 0) is 49.6 Å². The second kappa shape index (κ2) is 10.3. The number of nitrogens with two attached hydrogens (primary N) is 1. The number of hydrogen-bond donors (Lipinski definition) is 3. The lowest BCUT2D eigenvalue weighted by Gasteiger charge is -2.30. The third-order valence-corrected chi connectivity index (χ3v) is 5.34. The number of primary amides is 1. The fourth-order valence-corrected chi connectivity index (χ4v) is 3.58. The average Bonchev–Trinajstić information content (AvgIpc) is 2.73. The monoisotopic (exact) mass is 409 g/mol. The number of allylic oxidation sites excluding steroid dienone is 1. The van der Waals surface area contributed by atoms with Gasteiger partial charge in [0.15, 0.2) is 0 Å². The van der Waals surface area contributed by atoms with Crippen LogP contribution in [-0.4, -0.2) is 48.3 Å². The zero-order valence-electron chi connectivity index (χ0n) is 17.7. The third kappa shape index (κ3) is 6.08. The maximum absolute atomic E-state index is 11.3. The van der Waals surface area contributed by atoms with Crippen molar-refractivity contribution in [3.63, 3.8) is 0 Å². The molecular formula is C24H31N3O3. The van der Waals surface area contributed by atoms with Crippen LogP contribution in [-0.2, 0) is 13.0 Å². The molecule has 0 bridgehead atoms. The molecule has 3 rings (SSSR count). The minimum absolute atomic E-state index is 0.328. The van der Waals surface area contributed by atoms with Crippen molar-refractivity contribution in [2.24, 2.45) is 5.73 Å². The van der Waals surface area contributed by atoms with E-state index in [2.05, 4.69) is 34.5 Å². The topological polar surface area (TPSA) is 87.8 Å². The minimum atomic E-state index is -0.484. The zero-order chi connectivity index (χ0) is 21.5. The lowest BCUT2D eigenvalue weighted by molar-refractivity contribution is 0.0999. The van der Waals surface area contributed by atoms with Crippen LogP contribution in [0.4, 0.5) is 0 Å². The predicted octanol–water partition coefficient (Wildman–Crippen LogP) is 2.47. The molecule has 0 saturated carbocycles. The molecular weight excluding hydrogens is 378 g/mol. The van der Waals surface area contributed by atoms with E-state index in [1.165, 1.54) is 11.1 Å². The molecule has 0 aromatic heterocycles. The quantitative estimate of drug-likeness (QED) is 0.592. The Balaban J connectivity index is 1.48. The number of nitrogens with one attached hydrogen (secondary N) is 1. The van der Waals surface area contributed by atoms with E-state index >= 15 is 0 Å². The molecule has 4 N–H and O–H groups in total. The van der Waals surface area contributed by atoms with Gasteiger partial charge in [0.2, 0.25) is 5.91 Å². The second-order valence-electron chi connectivity index (χ2n) is 7.95. The Bertz CT molecular complexity index is 906. The summed E-state index contributed by atoms with van der Waals surface area (Å²) < 4.78 is 5.82. The fourth-order valence-electron chi connectivity index (χ4n) is 3.58. The van der Waals surface area contributed by atoms with Crippen molar-refractivity contribution in [3.8, 4) is 5.75 Å². The molecule has 2 aromatic carbocycles. The van der Waals surface area contributed by atoms with Crippen LogP contribution in [0.2, 0.25) is 0 Å². The van der Waals surface area contributed by atoms with Crippen molar-refractivity contribution >= 4 is 5.91 Å². The highest BCUT2D eigenvalue weighted by molar-refractivity contribution is 5.93. The molecule has 0 aliphatic carbocycles. The smallest absolute Gasteiger partial charge is 0.248 e. The summed E-state index contributed by atoms with van der Waals surface area (Å²) in [4.78, 5) is 13.6. The van der Waals surface area contributed by atoms with Gasteiger partial charge in [-0.2, -0.15) is 0 Å². The highest BCUT2D eigenvalue weighted by Gasteiger charge is 2.18. The maximum atomic E-state index is 11.3. The molecule has 6 nitrogen and oxygen atoms in total. The van der Waals surface area contributed by atoms with E-state index in [-0.39, 0.29) is 0 Å². The van der Waals surface area contributed by atoms with Crippen molar-refractivity contribution in [2.75, 3.05) is 26.2 Å². The van der Waals surface area contributed by atoms with E-state index in [1.54, 1.807) is 24.3 Å². The zero-order valence-corrected chi connectivity index (χ0v) is 17.7. The Kier molecular flexibility index (Phi) is 7.49. The second-order valence-corrected chi connectivity index (χ2v) is 7.95. The Morgan fingerprint density at radius 3 is 2.70 bits per heavy atom. The van der Waals surface area contributed by atoms with E-state index in [9.17, 15) is 9.90 Å². The Labute approximate surface area is 178 Å². The molecule has 6 heteroatoms. The number of rotatable bonds is 9. The Hall–Kier alpha value is -2.83. The molecule has 0 fully saturated rings. The summed E-state index contributed by atoms with van der Waals surface area (Å²) in [7, 11) is 0. The van der Waals surface area contributed by atoms with Crippen molar-refractivity contribution in [1.82, 2.24) is 10.2 Å². The normalized spacial score (nSPS) is 14.5. The lowest BCUT2D eigenvalue weighted by Crippen LogP contribution is -2.41. The summed E-state index contributed by atoms with van der Waals surface area (Å²) >= 11 is 0. The van der Waals surface area contributed by atoms with Crippen LogP contribution < -0.4 is 15.8 Å². The average molecular weight is 410 g/mol. The number of aliphatic hydroxyl groups excluding tert-OH is 1. The van der Waals surface area contributed by atoms with Gasteiger partial charge in [0, 0.05) is 37.4 Å². The number of aliphatic hydroxyl groups is 1. The van der Waals surface area contributed by atoms with Gasteiger partial charge < -0.3 is 20.9 Å². The standard InChI is InChI=1S/C24H31N3O3/c1-17(2)23(16-30-22-9-5-8-19(12-22)24(25)29)26-13-21(28)15-27-11-10-18-6-3-4-7-20(18)14-27/h3-9,12,21,26,28H,10-11,13-16H2,1-2H3,(H2,25,29). The number of benzene rings is 2. The summed E-state index contributed by atoms with van der Waals surface area (Å²) in [5.41, 5.74) is 10.5. The van der Waals surface area contributed by atoms with Crippen molar-refractivity contribution in [3.05, 3.63) is 76.5 Å². The van der Waals surface area contributed by atoms with Crippen LogP contribution in [0, 0.1) is 0 Å². The predicted molar refractivity (Wildman–Crippen MR) is 118 cm³/mol. The largest absolute Gasteiger partial charge is 0.487 e. The van der Waals surface area contributed by atoms with E-state index in [1.807, 2.05) is 13.8 Å². The summed E-state index contributed by atoms with van der Waals surface area (Å²) in [6.45, 7) is 7.24. The van der Waals surface area contributed by atoms with Crippen LogP contribution in [0.25, 0.3) is 0 Å². The molecule has 2 aromatic rings. The highest BCUT2D eigenvalue weighted by Crippen LogP contribution is 2.18. The first-order chi connectivity index (χ1) is 14.4. The molecule has 0 spiro atoms. The fraction of sp³-hybridized carbons (Fsp3) is 0.375. The molecule has 1 heterocycles. The number of hydrogen-bond acceptors (Lipinski definition) is 5. The van der Waals surface area contributed by atoms with Crippen LogP contribution in [0.1, 0.15) is 35.3 Å². The van der Waals surface area contributed by atoms with Gasteiger partial charge in [0.05, 0.1) is 6.10 Å². The van der Waals surface area contributed by atoms with Crippen LogP contribution in [0.3, 0.4) is 0 Å². The maximum Gasteiger partial charge on any atom is 0.248 e. The molecule has 1 aliphatic heterocycles. The summed E-state index contributed by atoms with van der Waals surface area (Å²) in [6, 6.07) is 15.3. The molecule has 1 unspecified atom stereocenters. The minimum Gasteiger partial charge on any atom is -0.487 e. The van der Waals surface area contributed by atoms with E-state index in [0.29, 0.717) is 31.0 Å². The molecule has 1 amide bonds. The third-order valence-electron chi connectivity index (χ3n) is 5.34. The van der Waals surface area contributed by atoms with Gasteiger partial charge in [0.1, 0.15) is 12.4 Å². The number of ether oxygens (including phenoxy) is 1. The first-order valence-electron chi connectivity index (χ1n) is 10.3. The summed E-state index contributed by atoms with van der Waals surface area (Å²) in [6.07, 6.45) is 0.538. The molecule has 1 atom stereocenters. The van der Waals surface area contributed by atoms with Gasteiger partial charge in [-0.3, -0.25) is 9.69 Å². The van der Waals surface area contributed by atoms with E-state index in [0.717, 1.165) is 30.8 Å². The number of β-amino-alcohol motifs (C(OH)–C–C–N with tert-alkyl or cyclic N) is 1. The first kappa shape index (κ1) is 21.9. The van der Waals surface area contributed by atoms with Crippen molar-refractivity contribution in [1.29, 1.82) is 0 Å². The van der Waals surface area contributed by atoms with Gasteiger partial charge in [-0.25, -0.2) is 0 Å². The molecule has 0 radical (unpaired) electrons. The molecule has 160 valence electrons. The summed E-state index contributed by atoms with van der Waals surface area (Å²) in [5.74, 6) is 0.101. The van der Waals surface area contributed by atoms with Crippen molar-refractivity contribution < 1.29 is 14.6 Å². The van der Waals surface area contributed by atoms with Gasteiger partial charge in [-0.15, -0.1) is 0 Å². The van der Waals surface area contributed by atoms with Crippen LogP contribution >= 0.6 is 0 Å². The van der Waals surface area contributed by atoms with Gasteiger partial charge >= 0.3 is 0 Å². The Morgan fingerprint density at radius 2 is 1.97 bits per heavy atom. The van der Waals surface area contributed by atoms with Crippen LogP contribution in [0.5, 0.6) is 5.75 Å². The lowest BCUT2D eigenvalue weighted by atomic mass is 10.00. The SMILES string of the molecule is CC(C)=C(COc1cccc(C(N)=O)c1)NCC(O)CN1CCc2ccccc2C1.